The zero-order chi connectivity index (χ0) is 10.1. The molecule has 0 unspecified atom stereocenters. The Morgan fingerprint density at radius 2 is 2.29 bits per heavy atom. The molecule has 2 rings (SSSR count). The summed E-state index contributed by atoms with van der Waals surface area (Å²) in [5.41, 5.74) is 2.01. The molecule has 0 radical (unpaired) electrons. The van der Waals surface area contributed by atoms with Crippen LogP contribution in [0.25, 0.3) is 11.0 Å². The molecule has 1 aromatic heterocycles. The Hall–Kier alpha value is -1.03. The Morgan fingerprint density at radius 3 is 2.93 bits per heavy atom. The molecule has 0 aliphatic rings. The van der Waals surface area contributed by atoms with E-state index in [0.717, 1.165) is 27.8 Å². The highest BCUT2D eigenvalue weighted by molar-refractivity contribution is 9.10. The third-order valence-corrected chi connectivity index (χ3v) is 2.85. The molecule has 0 N–H and O–H groups in total. The standard InChI is InChI=1S/C10H11BrN2O/c1-3-13-6-12-8-5-4-7(11)10(14-2)9(8)13/h4-6H,3H2,1-2H3. The van der Waals surface area contributed by atoms with Gasteiger partial charge in [-0.2, -0.15) is 0 Å². The molecule has 1 aromatic carbocycles. The van der Waals surface area contributed by atoms with Gasteiger partial charge in [0.2, 0.25) is 0 Å². The van der Waals surface area contributed by atoms with Gasteiger partial charge in [0.1, 0.15) is 5.52 Å². The second-order valence-electron chi connectivity index (χ2n) is 2.98. The van der Waals surface area contributed by atoms with E-state index in [4.69, 9.17) is 4.74 Å². The molecule has 2 aromatic rings. The van der Waals surface area contributed by atoms with Gasteiger partial charge in [-0.1, -0.05) is 0 Å². The molecule has 74 valence electrons. The first-order valence-electron chi connectivity index (χ1n) is 4.45. The molecule has 0 saturated heterocycles. The van der Waals surface area contributed by atoms with Gasteiger partial charge in [0.25, 0.3) is 0 Å². The van der Waals surface area contributed by atoms with Crippen LogP contribution in [0.1, 0.15) is 6.92 Å². The lowest BCUT2D eigenvalue weighted by Gasteiger charge is -2.07. The number of aryl methyl sites for hydroxylation is 1. The van der Waals surface area contributed by atoms with E-state index in [-0.39, 0.29) is 0 Å². The number of nitrogens with zero attached hydrogens (tertiary/aromatic N) is 2. The minimum Gasteiger partial charge on any atom is -0.493 e. The number of methoxy groups -OCH3 is 1. The highest BCUT2D eigenvalue weighted by atomic mass is 79.9. The maximum absolute atomic E-state index is 5.35. The Morgan fingerprint density at radius 1 is 1.50 bits per heavy atom. The summed E-state index contributed by atoms with van der Waals surface area (Å²) >= 11 is 3.46. The van der Waals surface area contributed by atoms with E-state index in [1.54, 1.807) is 7.11 Å². The molecule has 4 heteroatoms. The maximum Gasteiger partial charge on any atom is 0.158 e. The van der Waals surface area contributed by atoms with Crippen LogP contribution in [0.15, 0.2) is 22.9 Å². The fourth-order valence-corrected chi connectivity index (χ4v) is 2.02. The molecule has 0 atom stereocenters. The average Bonchev–Trinajstić information content (AvgIpc) is 2.61. The van der Waals surface area contributed by atoms with Crippen LogP contribution in [0.5, 0.6) is 5.75 Å². The van der Waals surface area contributed by atoms with E-state index in [0.29, 0.717) is 0 Å². The number of ether oxygens (including phenoxy) is 1. The molecule has 0 aliphatic heterocycles. The normalized spacial score (nSPS) is 10.8. The summed E-state index contributed by atoms with van der Waals surface area (Å²) in [5, 5.41) is 0. The fraction of sp³-hybridized carbons (Fsp3) is 0.300. The molecule has 0 fully saturated rings. The molecule has 0 bridgehead atoms. The van der Waals surface area contributed by atoms with Gasteiger partial charge in [0.05, 0.1) is 23.4 Å². The van der Waals surface area contributed by atoms with E-state index in [1.165, 1.54) is 0 Å². The second kappa shape index (κ2) is 3.61. The first-order chi connectivity index (χ1) is 6.77. The van der Waals surface area contributed by atoms with Crippen molar-refractivity contribution in [3.63, 3.8) is 0 Å². The number of imidazole rings is 1. The van der Waals surface area contributed by atoms with Gasteiger partial charge in [-0.3, -0.25) is 0 Å². The van der Waals surface area contributed by atoms with Crippen molar-refractivity contribution in [2.24, 2.45) is 0 Å². The van der Waals surface area contributed by atoms with Crippen molar-refractivity contribution < 1.29 is 4.74 Å². The van der Waals surface area contributed by atoms with Crippen LogP contribution in [0, 0.1) is 0 Å². The summed E-state index contributed by atoms with van der Waals surface area (Å²) in [6, 6.07) is 3.93. The van der Waals surface area contributed by atoms with Crippen molar-refractivity contribution >= 4 is 27.0 Å². The molecule has 0 aliphatic carbocycles. The largest absolute Gasteiger partial charge is 0.493 e. The highest BCUT2D eigenvalue weighted by Gasteiger charge is 2.10. The molecule has 1 heterocycles. The van der Waals surface area contributed by atoms with Crippen molar-refractivity contribution in [3.8, 4) is 5.75 Å². The Balaban J connectivity index is 2.81. The highest BCUT2D eigenvalue weighted by Crippen LogP contribution is 2.32. The van der Waals surface area contributed by atoms with E-state index in [2.05, 4.69) is 32.4 Å². The lowest BCUT2D eigenvalue weighted by atomic mass is 10.3. The quantitative estimate of drug-likeness (QED) is 0.825. The van der Waals surface area contributed by atoms with Crippen LogP contribution in [0.2, 0.25) is 0 Å². The van der Waals surface area contributed by atoms with Crippen molar-refractivity contribution in [3.05, 3.63) is 22.9 Å². The van der Waals surface area contributed by atoms with Crippen molar-refractivity contribution in [1.82, 2.24) is 9.55 Å². The monoisotopic (exact) mass is 254 g/mol. The van der Waals surface area contributed by atoms with Gasteiger partial charge >= 0.3 is 0 Å². The van der Waals surface area contributed by atoms with Crippen molar-refractivity contribution in [1.29, 1.82) is 0 Å². The zero-order valence-corrected chi connectivity index (χ0v) is 9.71. The first kappa shape index (κ1) is 9.52. The number of hydrogen-bond acceptors (Lipinski definition) is 2. The van der Waals surface area contributed by atoms with E-state index in [1.807, 2.05) is 18.5 Å². The molecule has 3 nitrogen and oxygen atoms in total. The second-order valence-corrected chi connectivity index (χ2v) is 3.83. The third-order valence-electron chi connectivity index (χ3n) is 2.23. The molecule has 14 heavy (non-hydrogen) atoms. The fourth-order valence-electron chi connectivity index (χ4n) is 1.54. The summed E-state index contributed by atoms with van der Waals surface area (Å²) < 4.78 is 8.38. The van der Waals surface area contributed by atoms with Crippen LogP contribution in [0.4, 0.5) is 0 Å². The maximum atomic E-state index is 5.35. The summed E-state index contributed by atoms with van der Waals surface area (Å²) in [6.07, 6.45) is 1.83. The number of fused-ring (bicyclic) bond motifs is 1. The Labute approximate surface area is 90.8 Å². The third kappa shape index (κ3) is 1.30. The molecule has 0 spiro atoms. The number of benzene rings is 1. The van der Waals surface area contributed by atoms with Crippen molar-refractivity contribution in [2.45, 2.75) is 13.5 Å². The minimum absolute atomic E-state index is 0.849. The van der Waals surface area contributed by atoms with Crippen LogP contribution < -0.4 is 4.74 Å². The SMILES string of the molecule is CCn1cnc2ccc(Br)c(OC)c21. The summed E-state index contributed by atoms with van der Waals surface area (Å²) in [6.45, 7) is 2.98. The van der Waals surface area contributed by atoms with Crippen LogP contribution in [0.3, 0.4) is 0 Å². The lowest BCUT2D eigenvalue weighted by Crippen LogP contribution is -1.94. The number of rotatable bonds is 2. The molecule has 0 amide bonds. The molecule has 0 saturated carbocycles. The zero-order valence-electron chi connectivity index (χ0n) is 8.12. The minimum atomic E-state index is 0.849. The predicted molar refractivity (Wildman–Crippen MR) is 59.7 cm³/mol. The average molecular weight is 255 g/mol. The first-order valence-corrected chi connectivity index (χ1v) is 5.24. The Bertz CT molecular complexity index is 464. The van der Waals surface area contributed by atoms with Gasteiger partial charge < -0.3 is 9.30 Å². The number of hydrogen-bond donors (Lipinski definition) is 0. The summed E-state index contributed by atoms with van der Waals surface area (Å²) in [4.78, 5) is 4.30. The number of aromatic nitrogens is 2. The van der Waals surface area contributed by atoms with Gasteiger partial charge in [0, 0.05) is 6.54 Å². The van der Waals surface area contributed by atoms with Crippen LogP contribution in [-0.4, -0.2) is 16.7 Å². The van der Waals surface area contributed by atoms with Gasteiger partial charge in [-0.05, 0) is 35.0 Å². The lowest BCUT2D eigenvalue weighted by molar-refractivity contribution is 0.415. The van der Waals surface area contributed by atoms with Gasteiger partial charge in [0.15, 0.2) is 5.75 Å². The van der Waals surface area contributed by atoms with Gasteiger partial charge in [-0.15, -0.1) is 0 Å². The van der Waals surface area contributed by atoms with Crippen LogP contribution in [-0.2, 0) is 6.54 Å². The van der Waals surface area contributed by atoms with Crippen molar-refractivity contribution in [2.75, 3.05) is 7.11 Å². The molecular formula is C10H11BrN2O. The van der Waals surface area contributed by atoms with E-state index >= 15 is 0 Å². The topological polar surface area (TPSA) is 27.1 Å². The van der Waals surface area contributed by atoms with Gasteiger partial charge in [-0.25, -0.2) is 4.98 Å². The number of halogens is 1. The smallest absolute Gasteiger partial charge is 0.158 e. The molecular weight excluding hydrogens is 244 g/mol. The summed E-state index contributed by atoms with van der Waals surface area (Å²) in [7, 11) is 1.67. The predicted octanol–water partition coefficient (Wildman–Crippen LogP) is 2.83. The summed E-state index contributed by atoms with van der Waals surface area (Å²) in [5.74, 6) is 0.849. The van der Waals surface area contributed by atoms with E-state index < -0.39 is 0 Å². The Kier molecular flexibility index (Phi) is 2.46. The van der Waals surface area contributed by atoms with Crippen LogP contribution >= 0.6 is 15.9 Å². The van der Waals surface area contributed by atoms with E-state index in [9.17, 15) is 0 Å².